The molecule has 1 fully saturated rings. The Hall–Kier alpha value is -2.86. The number of hydrogen-bond donors (Lipinski definition) is 3. The summed E-state index contributed by atoms with van der Waals surface area (Å²) >= 11 is 0. The van der Waals surface area contributed by atoms with Crippen LogP contribution in [0, 0.1) is 5.92 Å². The molecule has 6 heteroatoms. The van der Waals surface area contributed by atoms with Crippen molar-refractivity contribution in [2.75, 3.05) is 19.7 Å². The van der Waals surface area contributed by atoms with E-state index in [9.17, 15) is 0 Å². The van der Waals surface area contributed by atoms with E-state index in [1.165, 1.54) is 17.5 Å². The molecule has 2 aromatic carbocycles. The van der Waals surface area contributed by atoms with E-state index in [1.807, 2.05) is 0 Å². The van der Waals surface area contributed by atoms with E-state index in [1.54, 1.807) is 0 Å². The van der Waals surface area contributed by atoms with E-state index in [2.05, 4.69) is 73.8 Å². The van der Waals surface area contributed by atoms with Gasteiger partial charge in [0.25, 0.3) is 0 Å². The fraction of sp³-hybridized carbons (Fsp3) is 0.391. The van der Waals surface area contributed by atoms with E-state index in [0.717, 1.165) is 25.4 Å². The standard InChI is InChI=1S/C21H27NO.C2H2O4/c1-16(2)19-10-6-7-11-21(19)23-15-18-14-22-13-12-20(18)17-8-4-3-5-9-17;3-1(4)2(5)6/h3-11,16,18,20,22H,12-15H2,1-2H3;(H,3,4)(H,5,6). The predicted octanol–water partition coefficient (Wildman–Crippen LogP) is 3.74. The third-order valence-corrected chi connectivity index (χ3v) is 5.01. The van der Waals surface area contributed by atoms with Gasteiger partial charge in [-0.3, -0.25) is 0 Å². The lowest BCUT2D eigenvalue weighted by Gasteiger charge is -2.32. The number of hydrogen-bond acceptors (Lipinski definition) is 4. The maximum Gasteiger partial charge on any atom is 0.414 e. The lowest BCUT2D eigenvalue weighted by Crippen LogP contribution is -2.38. The summed E-state index contributed by atoms with van der Waals surface area (Å²) in [5.41, 5.74) is 2.74. The predicted molar refractivity (Wildman–Crippen MR) is 111 cm³/mol. The number of rotatable bonds is 5. The van der Waals surface area contributed by atoms with E-state index in [4.69, 9.17) is 24.5 Å². The molecule has 1 heterocycles. The van der Waals surface area contributed by atoms with Crippen LogP contribution in [-0.2, 0) is 9.59 Å². The van der Waals surface area contributed by atoms with Crippen LogP contribution in [0.2, 0.25) is 0 Å². The molecule has 3 N–H and O–H groups in total. The van der Waals surface area contributed by atoms with Gasteiger partial charge in [-0.2, -0.15) is 0 Å². The largest absolute Gasteiger partial charge is 0.493 e. The molecule has 6 nitrogen and oxygen atoms in total. The molecule has 2 aromatic rings. The highest BCUT2D eigenvalue weighted by Gasteiger charge is 2.27. The highest BCUT2D eigenvalue weighted by Crippen LogP contribution is 2.32. The Balaban J connectivity index is 0.000000438. The summed E-state index contributed by atoms with van der Waals surface area (Å²) in [6, 6.07) is 19.3. The summed E-state index contributed by atoms with van der Waals surface area (Å²) in [6.45, 7) is 7.34. The van der Waals surface area contributed by atoms with Crippen LogP contribution >= 0.6 is 0 Å². The maximum atomic E-state index is 9.10. The van der Waals surface area contributed by atoms with E-state index in [0.29, 0.717) is 17.8 Å². The molecule has 29 heavy (non-hydrogen) atoms. The lowest BCUT2D eigenvalue weighted by molar-refractivity contribution is -0.159. The van der Waals surface area contributed by atoms with Gasteiger partial charge in [0.2, 0.25) is 0 Å². The fourth-order valence-electron chi connectivity index (χ4n) is 3.52. The monoisotopic (exact) mass is 399 g/mol. The summed E-state index contributed by atoms with van der Waals surface area (Å²) < 4.78 is 6.25. The zero-order valence-corrected chi connectivity index (χ0v) is 16.9. The van der Waals surface area contributed by atoms with E-state index in [-0.39, 0.29) is 0 Å². The van der Waals surface area contributed by atoms with Crippen molar-refractivity contribution in [3.63, 3.8) is 0 Å². The van der Waals surface area contributed by atoms with Gasteiger partial charge < -0.3 is 20.3 Å². The average molecular weight is 399 g/mol. The molecule has 0 spiro atoms. The average Bonchev–Trinajstić information content (AvgIpc) is 2.73. The molecule has 1 aliphatic rings. The van der Waals surface area contributed by atoms with Crippen molar-refractivity contribution in [3.05, 3.63) is 65.7 Å². The zero-order valence-electron chi connectivity index (χ0n) is 16.9. The van der Waals surface area contributed by atoms with Crippen LogP contribution in [0.25, 0.3) is 0 Å². The summed E-state index contributed by atoms with van der Waals surface area (Å²) in [5.74, 6) is -1.01. The molecule has 0 aliphatic carbocycles. The van der Waals surface area contributed by atoms with Gasteiger partial charge in [-0.05, 0) is 42.0 Å². The first-order chi connectivity index (χ1) is 13.9. The minimum Gasteiger partial charge on any atom is -0.493 e. The smallest absolute Gasteiger partial charge is 0.414 e. The fourth-order valence-corrected chi connectivity index (χ4v) is 3.52. The Morgan fingerprint density at radius 3 is 2.28 bits per heavy atom. The maximum absolute atomic E-state index is 9.10. The minimum absolute atomic E-state index is 0.487. The van der Waals surface area contributed by atoms with E-state index >= 15 is 0 Å². The molecule has 0 radical (unpaired) electrons. The molecule has 1 saturated heterocycles. The number of carbonyl (C=O) groups is 2. The van der Waals surface area contributed by atoms with Gasteiger partial charge >= 0.3 is 11.9 Å². The minimum atomic E-state index is -1.82. The molecular formula is C23H29NO5. The number of benzene rings is 2. The number of piperidine rings is 1. The second-order valence-electron chi connectivity index (χ2n) is 7.38. The SMILES string of the molecule is CC(C)c1ccccc1OCC1CNCCC1c1ccccc1.O=C(O)C(=O)O. The van der Waals surface area contributed by atoms with Crippen LogP contribution in [0.15, 0.2) is 54.6 Å². The normalized spacial score (nSPS) is 18.4. The first-order valence-corrected chi connectivity index (χ1v) is 9.83. The van der Waals surface area contributed by atoms with Crippen LogP contribution in [0.1, 0.15) is 43.2 Å². The van der Waals surface area contributed by atoms with E-state index < -0.39 is 11.9 Å². The van der Waals surface area contributed by atoms with Crippen molar-refractivity contribution in [1.82, 2.24) is 5.32 Å². The first kappa shape index (κ1) is 22.4. The third kappa shape index (κ3) is 6.91. The third-order valence-electron chi connectivity index (χ3n) is 5.01. The number of ether oxygens (including phenoxy) is 1. The van der Waals surface area contributed by atoms with Crippen LogP contribution in [-0.4, -0.2) is 41.8 Å². The molecule has 2 atom stereocenters. The Kier molecular flexibility index (Phi) is 8.68. The summed E-state index contributed by atoms with van der Waals surface area (Å²) in [7, 11) is 0. The Labute approximate surface area is 171 Å². The van der Waals surface area contributed by atoms with Crippen molar-refractivity contribution in [2.45, 2.75) is 32.1 Å². The lowest BCUT2D eigenvalue weighted by atomic mass is 9.81. The highest BCUT2D eigenvalue weighted by atomic mass is 16.5. The molecule has 0 amide bonds. The van der Waals surface area contributed by atoms with Crippen molar-refractivity contribution >= 4 is 11.9 Å². The number of para-hydroxylation sites is 1. The molecule has 2 unspecified atom stereocenters. The molecular weight excluding hydrogens is 370 g/mol. The molecule has 0 aromatic heterocycles. The molecule has 0 saturated carbocycles. The topological polar surface area (TPSA) is 95.9 Å². The Morgan fingerprint density at radius 1 is 1.03 bits per heavy atom. The Morgan fingerprint density at radius 2 is 1.66 bits per heavy atom. The number of nitrogens with one attached hydrogen (secondary N) is 1. The second-order valence-corrected chi connectivity index (χ2v) is 7.38. The van der Waals surface area contributed by atoms with Crippen molar-refractivity contribution < 1.29 is 24.5 Å². The van der Waals surface area contributed by atoms with Gasteiger partial charge in [-0.1, -0.05) is 62.4 Å². The summed E-state index contributed by atoms with van der Waals surface area (Å²) in [5, 5.41) is 18.3. The zero-order chi connectivity index (χ0) is 21.2. The quantitative estimate of drug-likeness (QED) is 0.663. The molecule has 1 aliphatic heterocycles. The van der Waals surface area contributed by atoms with Crippen LogP contribution in [0.3, 0.4) is 0 Å². The van der Waals surface area contributed by atoms with Crippen molar-refractivity contribution in [2.24, 2.45) is 5.92 Å². The molecule has 3 rings (SSSR count). The van der Waals surface area contributed by atoms with Gasteiger partial charge in [0.05, 0.1) is 6.61 Å². The van der Waals surface area contributed by atoms with Crippen LogP contribution in [0.4, 0.5) is 0 Å². The highest BCUT2D eigenvalue weighted by molar-refractivity contribution is 6.27. The van der Waals surface area contributed by atoms with Gasteiger partial charge in [0.15, 0.2) is 0 Å². The first-order valence-electron chi connectivity index (χ1n) is 9.83. The van der Waals surface area contributed by atoms with Crippen LogP contribution in [0.5, 0.6) is 5.75 Å². The molecule has 156 valence electrons. The van der Waals surface area contributed by atoms with Crippen molar-refractivity contribution in [1.29, 1.82) is 0 Å². The van der Waals surface area contributed by atoms with Gasteiger partial charge in [0, 0.05) is 12.5 Å². The number of carboxylic acid groups (broad SMARTS) is 2. The summed E-state index contributed by atoms with van der Waals surface area (Å²) in [6.07, 6.45) is 1.18. The van der Waals surface area contributed by atoms with Gasteiger partial charge in [-0.25, -0.2) is 9.59 Å². The van der Waals surface area contributed by atoms with Gasteiger partial charge in [-0.15, -0.1) is 0 Å². The van der Waals surface area contributed by atoms with Crippen molar-refractivity contribution in [3.8, 4) is 5.75 Å². The van der Waals surface area contributed by atoms with Crippen LogP contribution < -0.4 is 10.1 Å². The van der Waals surface area contributed by atoms with Gasteiger partial charge in [0.1, 0.15) is 5.75 Å². The number of carboxylic acids is 2. The number of aliphatic carboxylic acids is 2. The summed E-state index contributed by atoms with van der Waals surface area (Å²) in [4.78, 5) is 18.2. The molecule has 0 bridgehead atoms. The Bertz CT molecular complexity index is 779. The second kappa shape index (κ2) is 11.2.